The van der Waals surface area contributed by atoms with E-state index < -0.39 is 5.60 Å². The van der Waals surface area contributed by atoms with E-state index in [1.165, 1.54) is 7.11 Å². The Morgan fingerprint density at radius 1 is 1.27 bits per heavy atom. The monoisotopic (exact) mass is 473 g/mol. The lowest BCUT2D eigenvalue weighted by Gasteiger charge is -2.29. The second-order valence-electron chi connectivity index (χ2n) is 6.96. The van der Waals surface area contributed by atoms with E-state index >= 15 is 0 Å². The second-order valence-corrected chi connectivity index (χ2v) is 8.13. The summed E-state index contributed by atoms with van der Waals surface area (Å²) in [4.78, 5) is 25.3. The molecule has 0 saturated heterocycles. The molecule has 0 aromatic heterocycles. The van der Waals surface area contributed by atoms with Crippen LogP contribution in [0.5, 0.6) is 5.75 Å². The molecule has 0 spiro atoms. The minimum absolute atomic E-state index is 0.290. The smallest absolute Gasteiger partial charge is 0.410 e. The molecule has 2 rings (SSSR count). The molecule has 7 heteroatoms. The van der Waals surface area contributed by atoms with Crippen molar-refractivity contribution in [2.75, 3.05) is 26.8 Å². The first-order chi connectivity index (χ1) is 12.2. The van der Waals surface area contributed by atoms with Gasteiger partial charge in [-0.25, -0.2) is 9.59 Å². The molecule has 0 saturated carbocycles. The maximum absolute atomic E-state index is 12.1. The van der Waals surface area contributed by atoms with Crippen LogP contribution in [0.2, 0.25) is 0 Å². The van der Waals surface area contributed by atoms with Gasteiger partial charge in [0.15, 0.2) is 0 Å². The Morgan fingerprint density at radius 2 is 2.00 bits per heavy atom. The summed E-state index contributed by atoms with van der Waals surface area (Å²) in [6.45, 7) is 7.16. The van der Waals surface area contributed by atoms with Crippen LogP contribution in [0.25, 0.3) is 0 Å². The molecular weight excluding hydrogens is 449 g/mol. The summed E-state index contributed by atoms with van der Waals surface area (Å²) < 4.78 is 16.8. The molecule has 0 unspecified atom stereocenters. The first kappa shape index (κ1) is 20.5. The van der Waals surface area contributed by atoms with Crippen LogP contribution in [0.15, 0.2) is 29.8 Å². The van der Waals surface area contributed by atoms with Gasteiger partial charge in [-0.3, -0.25) is 0 Å². The molecule has 26 heavy (non-hydrogen) atoms. The van der Waals surface area contributed by atoms with Gasteiger partial charge < -0.3 is 19.1 Å². The van der Waals surface area contributed by atoms with E-state index in [2.05, 4.69) is 22.6 Å². The number of hydrogen-bond acceptors (Lipinski definition) is 5. The van der Waals surface area contributed by atoms with Crippen LogP contribution >= 0.6 is 22.6 Å². The average Bonchev–Trinajstić information content (AvgIpc) is 2.59. The number of benzene rings is 1. The Bertz CT molecular complexity index is 708. The summed E-state index contributed by atoms with van der Waals surface area (Å²) in [5, 5.41) is 0. The highest BCUT2D eigenvalue weighted by molar-refractivity contribution is 14.1. The Balaban J connectivity index is 1.89. The van der Waals surface area contributed by atoms with Crippen molar-refractivity contribution in [3.8, 4) is 5.75 Å². The maximum atomic E-state index is 12.1. The van der Waals surface area contributed by atoms with Crippen molar-refractivity contribution < 1.29 is 23.8 Å². The van der Waals surface area contributed by atoms with Crippen LogP contribution in [0.1, 0.15) is 37.6 Å². The Hall–Kier alpha value is -1.77. The van der Waals surface area contributed by atoms with E-state index in [9.17, 15) is 9.59 Å². The fourth-order valence-electron chi connectivity index (χ4n) is 2.37. The van der Waals surface area contributed by atoms with Crippen LogP contribution in [0.4, 0.5) is 4.79 Å². The molecule has 0 N–H and O–H groups in total. The number of nitrogens with zero attached hydrogens (tertiary/aromatic N) is 1. The fourth-order valence-corrected chi connectivity index (χ4v) is 3.04. The largest absolute Gasteiger partial charge is 0.488 e. The summed E-state index contributed by atoms with van der Waals surface area (Å²) in [7, 11) is 1.36. The van der Waals surface area contributed by atoms with Crippen molar-refractivity contribution in [2.45, 2.75) is 32.8 Å². The van der Waals surface area contributed by atoms with E-state index in [1.807, 2.05) is 26.8 Å². The highest BCUT2D eigenvalue weighted by atomic mass is 127. The first-order valence-electron chi connectivity index (χ1n) is 8.36. The molecule has 1 aliphatic rings. The second kappa shape index (κ2) is 8.75. The topological polar surface area (TPSA) is 65.1 Å². The fraction of sp³-hybridized carbons (Fsp3) is 0.474. The number of ether oxygens (including phenoxy) is 3. The van der Waals surface area contributed by atoms with Gasteiger partial charge in [0, 0.05) is 13.1 Å². The minimum Gasteiger partial charge on any atom is -0.488 e. The van der Waals surface area contributed by atoms with Crippen molar-refractivity contribution in [3.63, 3.8) is 0 Å². The molecule has 1 aromatic carbocycles. The van der Waals surface area contributed by atoms with Gasteiger partial charge in [0.1, 0.15) is 18.0 Å². The molecule has 0 radical (unpaired) electrons. The van der Waals surface area contributed by atoms with E-state index in [1.54, 1.807) is 23.1 Å². The van der Waals surface area contributed by atoms with Gasteiger partial charge in [-0.2, -0.15) is 0 Å². The standard InChI is InChI=1S/C19H24INO5/c1-19(2,3)26-18(23)21-9-7-13(8-10-21)12-25-16-6-5-14(11-15(16)20)17(22)24-4/h5-7,11H,8-10,12H2,1-4H3. The Labute approximate surface area is 167 Å². The van der Waals surface area contributed by atoms with E-state index in [-0.39, 0.29) is 12.1 Å². The number of carbonyl (C=O) groups is 2. The number of methoxy groups -OCH3 is 1. The summed E-state index contributed by atoms with van der Waals surface area (Å²) in [5.41, 5.74) is 1.14. The highest BCUT2D eigenvalue weighted by Gasteiger charge is 2.23. The SMILES string of the molecule is COC(=O)c1ccc(OCC2=CCN(C(=O)OC(C)(C)C)CC2)c(I)c1. The lowest BCUT2D eigenvalue weighted by molar-refractivity contribution is 0.0263. The number of hydrogen-bond donors (Lipinski definition) is 0. The molecule has 0 aliphatic carbocycles. The number of amides is 1. The number of carbonyl (C=O) groups excluding carboxylic acids is 2. The lowest BCUT2D eigenvalue weighted by Crippen LogP contribution is -2.39. The molecule has 1 heterocycles. The van der Waals surface area contributed by atoms with Gasteiger partial charge in [-0.05, 0) is 73.6 Å². The predicted molar refractivity (Wildman–Crippen MR) is 107 cm³/mol. The third-order valence-corrected chi connectivity index (χ3v) is 4.56. The van der Waals surface area contributed by atoms with Crippen molar-refractivity contribution in [2.24, 2.45) is 0 Å². The first-order valence-corrected chi connectivity index (χ1v) is 9.44. The third-order valence-electron chi connectivity index (χ3n) is 3.72. The zero-order valence-electron chi connectivity index (χ0n) is 15.5. The molecule has 0 atom stereocenters. The molecule has 142 valence electrons. The summed E-state index contributed by atoms with van der Waals surface area (Å²) in [6, 6.07) is 5.19. The normalized spacial score (nSPS) is 14.5. The van der Waals surface area contributed by atoms with Gasteiger partial charge in [-0.1, -0.05) is 6.08 Å². The molecule has 0 fully saturated rings. The van der Waals surface area contributed by atoms with Crippen LogP contribution in [0.3, 0.4) is 0 Å². The van der Waals surface area contributed by atoms with Gasteiger partial charge in [-0.15, -0.1) is 0 Å². The van der Waals surface area contributed by atoms with Gasteiger partial charge in [0.05, 0.1) is 16.2 Å². The Morgan fingerprint density at radius 3 is 2.54 bits per heavy atom. The van der Waals surface area contributed by atoms with Crippen molar-refractivity contribution >= 4 is 34.7 Å². The van der Waals surface area contributed by atoms with Crippen LogP contribution < -0.4 is 4.74 Å². The summed E-state index contributed by atoms with van der Waals surface area (Å²) in [5.74, 6) is 0.348. The lowest BCUT2D eigenvalue weighted by atomic mass is 10.1. The Kier molecular flexibility index (Phi) is 6.91. The summed E-state index contributed by atoms with van der Waals surface area (Å²) >= 11 is 2.13. The molecular formula is C19H24INO5. The van der Waals surface area contributed by atoms with Crippen LogP contribution in [-0.2, 0) is 9.47 Å². The van der Waals surface area contributed by atoms with E-state index in [4.69, 9.17) is 14.2 Å². The van der Waals surface area contributed by atoms with Crippen LogP contribution in [-0.4, -0.2) is 49.4 Å². The predicted octanol–water partition coefficient (Wildman–Crippen LogP) is 4.02. The van der Waals surface area contributed by atoms with E-state index in [0.29, 0.717) is 31.0 Å². The average molecular weight is 473 g/mol. The quantitative estimate of drug-likeness (QED) is 0.376. The molecule has 1 aliphatic heterocycles. The summed E-state index contributed by atoms with van der Waals surface area (Å²) in [6.07, 6.45) is 2.46. The highest BCUT2D eigenvalue weighted by Crippen LogP contribution is 2.24. The van der Waals surface area contributed by atoms with Crippen molar-refractivity contribution in [3.05, 3.63) is 39.0 Å². The number of rotatable bonds is 4. The molecule has 1 aromatic rings. The zero-order valence-corrected chi connectivity index (χ0v) is 17.7. The van der Waals surface area contributed by atoms with Gasteiger partial charge >= 0.3 is 12.1 Å². The third kappa shape index (κ3) is 5.89. The van der Waals surface area contributed by atoms with Crippen LogP contribution in [0, 0.1) is 3.57 Å². The maximum Gasteiger partial charge on any atom is 0.410 e. The number of halogens is 1. The number of esters is 1. The van der Waals surface area contributed by atoms with E-state index in [0.717, 1.165) is 15.6 Å². The van der Waals surface area contributed by atoms with Crippen molar-refractivity contribution in [1.29, 1.82) is 0 Å². The molecule has 0 bridgehead atoms. The zero-order chi connectivity index (χ0) is 19.3. The van der Waals surface area contributed by atoms with Gasteiger partial charge in [0.25, 0.3) is 0 Å². The molecule has 1 amide bonds. The molecule has 6 nitrogen and oxygen atoms in total. The van der Waals surface area contributed by atoms with Gasteiger partial charge in [0.2, 0.25) is 0 Å². The van der Waals surface area contributed by atoms with Crippen molar-refractivity contribution in [1.82, 2.24) is 4.90 Å². The minimum atomic E-state index is -0.489.